The number of carboxylic acid groups (broad SMARTS) is 1. The fourth-order valence-corrected chi connectivity index (χ4v) is 3.79. The van der Waals surface area contributed by atoms with Gasteiger partial charge in [-0.15, -0.1) is 11.3 Å². The molecule has 0 aromatic carbocycles. The standard InChI is InChI=1S/C13H19NO2S/c1-2-10-11(8-12(15)16)17-13(14-10)9-6-4-3-5-7-9/h9H,2-8H2,1H3,(H,15,16). The number of rotatable bonds is 4. The third kappa shape index (κ3) is 3.06. The maximum absolute atomic E-state index is 10.8. The minimum absolute atomic E-state index is 0.132. The number of aliphatic carboxylic acids is 1. The second kappa shape index (κ2) is 5.63. The number of aryl methyl sites for hydroxylation is 1. The zero-order valence-electron chi connectivity index (χ0n) is 10.2. The van der Waals surface area contributed by atoms with Crippen LogP contribution in [0.3, 0.4) is 0 Å². The largest absolute Gasteiger partial charge is 0.481 e. The average Bonchev–Trinajstić information content (AvgIpc) is 2.72. The van der Waals surface area contributed by atoms with Crippen LogP contribution in [0.4, 0.5) is 0 Å². The van der Waals surface area contributed by atoms with E-state index in [0.717, 1.165) is 17.0 Å². The molecule has 3 nitrogen and oxygen atoms in total. The van der Waals surface area contributed by atoms with Crippen LogP contribution >= 0.6 is 11.3 Å². The summed E-state index contributed by atoms with van der Waals surface area (Å²) in [5.41, 5.74) is 0.998. The van der Waals surface area contributed by atoms with Crippen molar-refractivity contribution in [2.24, 2.45) is 0 Å². The van der Waals surface area contributed by atoms with Gasteiger partial charge in [0.05, 0.1) is 17.1 Å². The monoisotopic (exact) mass is 253 g/mol. The number of hydrogen-bond donors (Lipinski definition) is 1. The predicted octanol–water partition coefficient (Wildman–Crippen LogP) is 3.38. The first-order chi connectivity index (χ1) is 8.20. The Morgan fingerprint density at radius 3 is 2.71 bits per heavy atom. The lowest BCUT2D eigenvalue weighted by atomic mass is 9.90. The Balaban J connectivity index is 2.17. The highest BCUT2D eigenvalue weighted by Crippen LogP contribution is 2.36. The fraction of sp³-hybridized carbons (Fsp3) is 0.692. The topological polar surface area (TPSA) is 50.2 Å². The van der Waals surface area contributed by atoms with Crippen LogP contribution in [-0.2, 0) is 17.6 Å². The van der Waals surface area contributed by atoms with Gasteiger partial charge in [-0.3, -0.25) is 4.79 Å². The molecule has 0 radical (unpaired) electrons. The van der Waals surface area contributed by atoms with Crippen molar-refractivity contribution in [3.63, 3.8) is 0 Å². The summed E-state index contributed by atoms with van der Waals surface area (Å²) in [7, 11) is 0. The summed E-state index contributed by atoms with van der Waals surface area (Å²) in [6, 6.07) is 0. The van der Waals surface area contributed by atoms with Gasteiger partial charge in [-0.05, 0) is 19.3 Å². The number of carbonyl (C=O) groups is 1. The van der Waals surface area contributed by atoms with E-state index in [9.17, 15) is 4.79 Å². The third-order valence-corrected chi connectivity index (χ3v) is 4.66. The minimum atomic E-state index is -0.751. The van der Waals surface area contributed by atoms with E-state index < -0.39 is 5.97 Å². The lowest BCUT2D eigenvalue weighted by Crippen LogP contribution is -2.04. The Morgan fingerprint density at radius 1 is 1.41 bits per heavy atom. The molecule has 1 heterocycles. The van der Waals surface area contributed by atoms with Crippen molar-refractivity contribution < 1.29 is 9.90 Å². The van der Waals surface area contributed by atoms with Gasteiger partial charge in [-0.25, -0.2) is 4.98 Å². The van der Waals surface area contributed by atoms with E-state index >= 15 is 0 Å². The molecule has 1 N–H and O–H groups in total. The van der Waals surface area contributed by atoms with Gasteiger partial charge in [-0.1, -0.05) is 26.2 Å². The first kappa shape index (κ1) is 12.6. The van der Waals surface area contributed by atoms with Crippen LogP contribution in [0.5, 0.6) is 0 Å². The predicted molar refractivity (Wildman–Crippen MR) is 68.7 cm³/mol. The highest BCUT2D eigenvalue weighted by atomic mass is 32.1. The van der Waals surface area contributed by atoms with Gasteiger partial charge in [0.15, 0.2) is 0 Å². The average molecular weight is 253 g/mol. The molecule has 1 aliphatic carbocycles. The van der Waals surface area contributed by atoms with Crippen LogP contribution in [0.1, 0.15) is 60.5 Å². The molecular weight excluding hydrogens is 234 g/mol. The van der Waals surface area contributed by atoms with Gasteiger partial charge in [0, 0.05) is 10.8 Å². The Kier molecular flexibility index (Phi) is 4.15. The smallest absolute Gasteiger partial charge is 0.308 e. The van der Waals surface area contributed by atoms with Crippen LogP contribution in [-0.4, -0.2) is 16.1 Å². The molecule has 0 aliphatic heterocycles. The summed E-state index contributed by atoms with van der Waals surface area (Å²) >= 11 is 1.63. The van der Waals surface area contributed by atoms with E-state index in [4.69, 9.17) is 5.11 Å². The quantitative estimate of drug-likeness (QED) is 0.895. The first-order valence-electron chi connectivity index (χ1n) is 6.41. The normalized spacial score (nSPS) is 17.2. The van der Waals surface area contributed by atoms with Crippen LogP contribution in [0.2, 0.25) is 0 Å². The minimum Gasteiger partial charge on any atom is -0.481 e. The summed E-state index contributed by atoms with van der Waals surface area (Å²) in [6.07, 6.45) is 7.34. The van der Waals surface area contributed by atoms with Crippen molar-refractivity contribution in [2.75, 3.05) is 0 Å². The maximum Gasteiger partial charge on any atom is 0.308 e. The lowest BCUT2D eigenvalue weighted by Gasteiger charge is -2.18. The van der Waals surface area contributed by atoms with Crippen LogP contribution < -0.4 is 0 Å². The molecule has 94 valence electrons. The zero-order valence-corrected chi connectivity index (χ0v) is 11.1. The van der Waals surface area contributed by atoms with Crippen molar-refractivity contribution in [3.05, 3.63) is 15.6 Å². The van der Waals surface area contributed by atoms with Crippen LogP contribution in [0, 0.1) is 0 Å². The zero-order chi connectivity index (χ0) is 12.3. The molecule has 0 spiro atoms. The molecule has 0 amide bonds. The lowest BCUT2D eigenvalue weighted by molar-refractivity contribution is -0.136. The Labute approximate surface area is 106 Å². The summed E-state index contributed by atoms with van der Waals surface area (Å²) in [5.74, 6) is -0.167. The van der Waals surface area contributed by atoms with Crippen LogP contribution in [0.25, 0.3) is 0 Å². The molecule has 2 rings (SSSR count). The summed E-state index contributed by atoms with van der Waals surface area (Å²) in [6.45, 7) is 2.05. The molecule has 0 saturated heterocycles. The highest BCUT2D eigenvalue weighted by Gasteiger charge is 2.21. The van der Waals surface area contributed by atoms with E-state index in [1.165, 1.54) is 37.1 Å². The van der Waals surface area contributed by atoms with Crippen molar-refractivity contribution in [1.82, 2.24) is 4.98 Å². The number of hydrogen-bond acceptors (Lipinski definition) is 3. The summed E-state index contributed by atoms with van der Waals surface area (Å²) in [5, 5.41) is 10.1. The number of carboxylic acids is 1. The molecule has 0 atom stereocenters. The van der Waals surface area contributed by atoms with Crippen molar-refractivity contribution in [1.29, 1.82) is 0 Å². The second-order valence-electron chi connectivity index (χ2n) is 4.68. The van der Waals surface area contributed by atoms with Gasteiger partial charge in [0.25, 0.3) is 0 Å². The van der Waals surface area contributed by atoms with Gasteiger partial charge >= 0.3 is 5.97 Å². The van der Waals surface area contributed by atoms with E-state index in [2.05, 4.69) is 4.98 Å². The number of thiazole rings is 1. The van der Waals surface area contributed by atoms with Crippen molar-refractivity contribution >= 4 is 17.3 Å². The molecular formula is C13H19NO2S. The fourth-order valence-electron chi connectivity index (χ4n) is 2.48. The Hall–Kier alpha value is -0.900. The van der Waals surface area contributed by atoms with E-state index in [1.54, 1.807) is 11.3 Å². The number of nitrogens with zero attached hydrogens (tertiary/aromatic N) is 1. The Morgan fingerprint density at radius 2 is 2.12 bits per heavy atom. The summed E-state index contributed by atoms with van der Waals surface area (Å²) < 4.78 is 0. The molecule has 1 aliphatic rings. The highest BCUT2D eigenvalue weighted by molar-refractivity contribution is 7.12. The van der Waals surface area contributed by atoms with Gasteiger partial charge < -0.3 is 5.11 Å². The van der Waals surface area contributed by atoms with Gasteiger partial charge in [-0.2, -0.15) is 0 Å². The second-order valence-corrected chi connectivity index (χ2v) is 5.80. The van der Waals surface area contributed by atoms with Crippen LogP contribution in [0.15, 0.2) is 0 Å². The molecule has 0 bridgehead atoms. The van der Waals surface area contributed by atoms with Crippen molar-refractivity contribution in [2.45, 2.75) is 57.8 Å². The Bertz CT molecular complexity index is 394. The first-order valence-corrected chi connectivity index (χ1v) is 7.22. The molecule has 1 aromatic rings. The number of aromatic nitrogens is 1. The molecule has 1 fully saturated rings. The van der Waals surface area contributed by atoms with E-state index in [1.807, 2.05) is 6.92 Å². The molecule has 4 heteroatoms. The molecule has 1 saturated carbocycles. The molecule has 17 heavy (non-hydrogen) atoms. The van der Waals surface area contributed by atoms with E-state index in [0.29, 0.717) is 5.92 Å². The van der Waals surface area contributed by atoms with E-state index in [-0.39, 0.29) is 6.42 Å². The molecule has 1 aromatic heterocycles. The summed E-state index contributed by atoms with van der Waals surface area (Å²) in [4.78, 5) is 16.4. The van der Waals surface area contributed by atoms with Gasteiger partial charge in [0.2, 0.25) is 0 Å². The SMILES string of the molecule is CCc1nc(C2CCCCC2)sc1CC(=O)O. The van der Waals surface area contributed by atoms with Gasteiger partial charge in [0.1, 0.15) is 0 Å². The molecule has 0 unspecified atom stereocenters. The van der Waals surface area contributed by atoms with Crippen molar-refractivity contribution in [3.8, 4) is 0 Å². The third-order valence-electron chi connectivity index (χ3n) is 3.40. The maximum atomic E-state index is 10.8.